The van der Waals surface area contributed by atoms with E-state index in [0.29, 0.717) is 0 Å². The number of hydrogen-bond donors (Lipinski definition) is 2. The van der Waals surface area contributed by atoms with E-state index in [0.717, 1.165) is 31.8 Å². The molecule has 0 aromatic carbocycles. The summed E-state index contributed by atoms with van der Waals surface area (Å²) < 4.78 is 2.04. The summed E-state index contributed by atoms with van der Waals surface area (Å²) in [6.45, 7) is 1.73. The van der Waals surface area contributed by atoms with Crippen LogP contribution < -0.4 is 10.6 Å². The van der Waals surface area contributed by atoms with Crippen LogP contribution in [0.4, 0.5) is 0 Å². The lowest BCUT2D eigenvalue weighted by Gasteiger charge is -2.19. The van der Waals surface area contributed by atoms with Crippen molar-refractivity contribution >= 4 is 5.91 Å². The largest absolute Gasteiger partial charge is 0.351 e. The van der Waals surface area contributed by atoms with Crippen molar-refractivity contribution in [1.29, 1.82) is 0 Å². The van der Waals surface area contributed by atoms with Crippen LogP contribution in [0.15, 0.2) is 12.4 Å². The lowest BCUT2D eigenvalue weighted by molar-refractivity contribution is -0.123. The standard InChI is InChI=1S/C12H18N4O/c1-16-5-4-14-11(16)9-6-13-7-10(9)15-12(17)8-2-3-8/h4-5,8-10,13H,2-3,6-7H2,1H3,(H,15,17)/t9-,10-/m1/s1. The van der Waals surface area contributed by atoms with Gasteiger partial charge in [-0.3, -0.25) is 4.79 Å². The number of rotatable bonds is 3. The molecule has 1 saturated carbocycles. The topological polar surface area (TPSA) is 59.0 Å². The molecule has 0 unspecified atom stereocenters. The molecular weight excluding hydrogens is 216 g/mol. The average molecular weight is 234 g/mol. The van der Waals surface area contributed by atoms with Crippen molar-refractivity contribution < 1.29 is 4.79 Å². The Kier molecular flexibility index (Phi) is 2.63. The van der Waals surface area contributed by atoms with Gasteiger partial charge in [-0.05, 0) is 12.8 Å². The number of aromatic nitrogens is 2. The molecule has 1 aromatic heterocycles. The third kappa shape index (κ3) is 2.07. The predicted molar refractivity (Wildman–Crippen MR) is 63.5 cm³/mol. The molecule has 1 amide bonds. The molecule has 2 N–H and O–H groups in total. The van der Waals surface area contributed by atoms with E-state index in [1.165, 1.54) is 0 Å². The quantitative estimate of drug-likeness (QED) is 0.774. The average Bonchev–Trinajstić information content (AvgIpc) is 2.94. The number of aryl methyl sites for hydroxylation is 1. The lowest BCUT2D eigenvalue weighted by atomic mass is 10.0. The second-order valence-corrected chi connectivity index (χ2v) is 5.05. The van der Waals surface area contributed by atoms with Crippen LogP contribution in [0.25, 0.3) is 0 Å². The molecule has 2 fully saturated rings. The van der Waals surface area contributed by atoms with Crippen molar-refractivity contribution in [2.24, 2.45) is 13.0 Å². The normalized spacial score (nSPS) is 28.3. The Morgan fingerprint density at radius 2 is 2.35 bits per heavy atom. The van der Waals surface area contributed by atoms with E-state index in [1.54, 1.807) is 0 Å². The monoisotopic (exact) mass is 234 g/mol. The van der Waals surface area contributed by atoms with Gasteiger partial charge < -0.3 is 15.2 Å². The maximum Gasteiger partial charge on any atom is 0.223 e. The summed E-state index contributed by atoms with van der Waals surface area (Å²) in [7, 11) is 2.00. The molecule has 1 aliphatic heterocycles. The van der Waals surface area contributed by atoms with Gasteiger partial charge in [0.05, 0.1) is 12.0 Å². The zero-order chi connectivity index (χ0) is 11.8. The van der Waals surface area contributed by atoms with Gasteiger partial charge in [-0.25, -0.2) is 4.98 Å². The highest BCUT2D eigenvalue weighted by Gasteiger charge is 2.36. The molecule has 92 valence electrons. The van der Waals surface area contributed by atoms with Gasteiger partial charge in [-0.15, -0.1) is 0 Å². The Labute approximate surface area is 101 Å². The number of carbonyl (C=O) groups is 1. The smallest absolute Gasteiger partial charge is 0.223 e. The second-order valence-electron chi connectivity index (χ2n) is 5.05. The molecule has 2 aliphatic rings. The molecule has 1 aliphatic carbocycles. The number of nitrogens with zero attached hydrogens (tertiary/aromatic N) is 2. The summed E-state index contributed by atoms with van der Waals surface area (Å²) in [5.74, 6) is 1.84. The minimum absolute atomic E-state index is 0.184. The van der Waals surface area contributed by atoms with Crippen LogP contribution >= 0.6 is 0 Å². The number of imidazole rings is 1. The maximum absolute atomic E-state index is 11.8. The SMILES string of the molecule is Cn1ccnc1[C@@H]1CNC[C@H]1NC(=O)C1CC1. The predicted octanol–water partition coefficient (Wildman–Crippen LogP) is 0.00170. The number of amides is 1. The van der Waals surface area contributed by atoms with Crippen molar-refractivity contribution in [2.45, 2.75) is 24.8 Å². The van der Waals surface area contributed by atoms with E-state index in [1.807, 2.05) is 24.0 Å². The van der Waals surface area contributed by atoms with Crippen LogP contribution in [0.1, 0.15) is 24.6 Å². The zero-order valence-corrected chi connectivity index (χ0v) is 10.0. The zero-order valence-electron chi connectivity index (χ0n) is 10.0. The van der Waals surface area contributed by atoms with Crippen molar-refractivity contribution in [1.82, 2.24) is 20.2 Å². The lowest BCUT2D eigenvalue weighted by Crippen LogP contribution is -2.40. The first-order valence-corrected chi connectivity index (χ1v) is 6.24. The summed E-state index contributed by atoms with van der Waals surface area (Å²) in [6, 6.07) is 0.184. The third-order valence-corrected chi connectivity index (χ3v) is 3.68. The Balaban J connectivity index is 1.71. The molecule has 5 heteroatoms. The van der Waals surface area contributed by atoms with E-state index < -0.39 is 0 Å². The van der Waals surface area contributed by atoms with Crippen LogP contribution in [0, 0.1) is 5.92 Å². The van der Waals surface area contributed by atoms with Gasteiger partial charge >= 0.3 is 0 Å². The second kappa shape index (κ2) is 4.14. The summed E-state index contributed by atoms with van der Waals surface area (Å²) in [4.78, 5) is 16.2. The number of nitrogens with one attached hydrogen (secondary N) is 2. The van der Waals surface area contributed by atoms with Crippen molar-refractivity contribution in [3.63, 3.8) is 0 Å². The highest BCUT2D eigenvalue weighted by Crippen LogP contribution is 2.30. The molecule has 0 bridgehead atoms. The molecule has 0 radical (unpaired) electrons. The molecule has 17 heavy (non-hydrogen) atoms. The highest BCUT2D eigenvalue weighted by molar-refractivity contribution is 5.81. The van der Waals surface area contributed by atoms with Crippen molar-refractivity contribution in [3.8, 4) is 0 Å². The molecule has 2 heterocycles. The Bertz CT molecular complexity index is 424. The van der Waals surface area contributed by atoms with E-state index in [9.17, 15) is 4.79 Å². The first kappa shape index (κ1) is 10.8. The highest BCUT2D eigenvalue weighted by atomic mass is 16.2. The van der Waals surface area contributed by atoms with Crippen LogP contribution in [0.2, 0.25) is 0 Å². The van der Waals surface area contributed by atoms with Crippen LogP contribution in [-0.2, 0) is 11.8 Å². The van der Waals surface area contributed by atoms with E-state index in [2.05, 4.69) is 15.6 Å². The minimum atomic E-state index is 0.184. The van der Waals surface area contributed by atoms with E-state index in [-0.39, 0.29) is 23.8 Å². The fourth-order valence-corrected chi connectivity index (χ4v) is 2.48. The van der Waals surface area contributed by atoms with Crippen LogP contribution in [-0.4, -0.2) is 34.6 Å². The van der Waals surface area contributed by atoms with Gasteiger partial charge in [0.15, 0.2) is 0 Å². The molecule has 0 spiro atoms. The Hall–Kier alpha value is -1.36. The Morgan fingerprint density at radius 3 is 3.00 bits per heavy atom. The van der Waals surface area contributed by atoms with Crippen molar-refractivity contribution in [2.75, 3.05) is 13.1 Å². The molecule has 1 aromatic rings. The summed E-state index contributed by atoms with van der Waals surface area (Å²) >= 11 is 0. The molecule has 1 saturated heterocycles. The number of hydrogen-bond acceptors (Lipinski definition) is 3. The fourth-order valence-electron chi connectivity index (χ4n) is 2.48. The first-order chi connectivity index (χ1) is 8.25. The minimum Gasteiger partial charge on any atom is -0.351 e. The fraction of sp³-hybridized carbons (Fsp3) is 0.667. The Morgan fingerprint density at radius 1 is 1.53 bits per heavy atom. The molecule has 5 nitrogen and oxygen atoms in total. The first-order valence-electron chi connectivity index (χ1n) is 6.24. The van der Waals surface area contributed by atoms with Crippen molar-refractivity contribution in [3.05, 3.63) is 18.2 Å². The van der Waals surface area contributed by atoms with Gasteiger partial charge in [0.25, 0.3) is 0 Å². The van der Waals surface area contributed by atoms with Crippen LogP contribution in [0.5, 0.6) is 0 Å². The van der Waals surface area contributed by atoms with Crippen LogP contribution in [0.3, 0.4) is 0 Å². The number of carbonyl (C=O) groups excluding carboxylic acids is 1. The molecular formula is C12H18N4O. The van der Waals surface area contributed by atoms with Gasteiger partial charge in [0.2, 0.25) is 5.91 Å². The van der Waals surface area contributed by atoms with E-state index >= 15 is 0 Å². The van der Waals surface area contributed by atoms with Gasteiger partial charge in [-0.1, -0.05) is 0 Å². The van der Waals surface area contributed by atoms with Gasteiger partial charge in [0.1, 0.15) is 5.82 Å². The van der Waals surface area contributed by atoms with E-state index in [4.69, 9.17) is 0 Å². The summed E-state index contributed by atoms with van der Waals surface area (Å²) in [6.07, 6.45) is 5.87. The maximum atomic E-state index is 11.8. The summed E-state index contributed by atoms with van der Waals surface area (Å²) in [5.41, 5.74) is 0. The third-order valence-electron chi connectivity index (χ3n) is 3.68. The molecule has 3 rings (SSSR count). The van der Waals surface area contributed by atoms with Gasteiger partial charge in [-0.2, -0.15) is 0 Å². The van der Waals surface area contributed by atoms with Gasteiger partial charge in [0, 0.05) is 38.4 Å². The molecule has 2 atom stereocenters. The summed E-state index contributed by atoms with van der Waals surface area (Å²) in [5, 5.41) is 6.49.